The van der Waals surface area contributed by atoms with E-state index in [0.717, 1.165) is 16.8 Å². The molecule has 0 spiro atoms. The zero-order valence-corrected chi connectivity index (χ0v) is 10.5. The summed E-state index contributed by atoms with van der Waals surface area (Å²) in [5, 5.41) is 17.9. The standard InChI is InChI=1S/C15H12N2O3/c18-15(19)13-5-6-14(12-4-2-1-3-11(12)13)16-9-10-7-8-20-17-10/h1-8,16H,9H2,(H,18,19). The van der Waals surface area contributed by atoms with Crippen molar-refractivity contribution in [2.45, 2.75) is 6.54 Å². The van der Waals surface area contributed by atoms with E-state index in [1.165, 1.54) is 6.26 Å². The van der Waals surface area contributed by atoms with E-state index in [1.807, 2.05) is 18.2 Å². The van der Waals surface area contributed by atoms with Gasteiger partial charge in [0.05, 0.1) is 12.1 Å². The monoisotopic (exact) mass is 268 g/mol. The fourth-order valence-corrected chi connectivity index (χ4v) is 2.15. The van der Waals surface area contributed by atoms with Crippen LogP contribution in [-0.4, -0.2) is 16.2 Å². The Bertz CT molecular complexity index is 751. The van der Waals surface area contributed by atoms with E-state index in [0.29, 0.717) is 17.5 Å². The van der Waals surface area contributed by atoms with Crippen molar-refractivity contribution in [1.29, 1.82) is 0 Å². The molecule has 3 rings (SSSR count). The molecule has 0 aliphatic carbocycles. The molecule has 2 N–H and O–H groups in total. The number of fused-ring (bicyclic) bond motifs is 1. The molecule has 0 amide bonds. The van der Waals surface area contributed by atoms with Crippen molar-refractivity contribution in [3.05, 3.63) is 60.0 Å². The number of hydrogen-bond acceptors (Lipinski definition) is 4. The van der Waals surface area contributed by atoms with Gasteiger partial charge in [0.15, 0.2) is 0 Å². The highest BCUT2D eigenvalue weighted by atomic mass is 16.5. The molecule has 0 saturated heterocycles. The van der Waals surface area contributed by atoms with Gasteiger partial charge in [-0.05, 0) is 17.5 Å². The second-order valence-corrected chi connectivity index (χ2v) is 4.36. The maximum Gasteiger partial charge on any atom is 0.336 e. The molecular formula is C15H12N2O3. The zero-order valence-electron chi connectivity index (χ0n) is 10.5. The quantitative estimate of drug-likeness (QED) is 0.760. The molecule has 0 aliphatic rings. The molecule has 0 fully saturated rings. The molecule has 5 nitrogen and oxygen atoms in total. The molecule has 0 saturated carbocycles. The predicted molar refractivity (Wildman–Crippen MR) is 74.7 cm³/mol. The van der Waals surface area contributed by atoms with Gasteiger partial charge < -0.3 is 14.9 Å². The van der Waals surface area contributed by atoms with Crippen LogP contribution in [0.4, 0.5) is 5.69 Å². The van der Waals surface area contributed by atoms with Crippen LogP contribution in [0, 0.1) is 0 Å². The molecule has 100 valence electrons. The topological polar surface area (TPSA) is 75.4 Å². The Balaban J connectivity index is 1.99. The van der Waals surface area contributed by atoms with Crippen molar-refractivity contribution in [3.63, 3.8) is 0 Å². The first kappa shape index (κ1) is 12.2. The summed E-state index contributed by atoms with van der Waals surface area (Å²) in [5.74, 6) is -0.927. The van der Waals surface area contributed by atoms with Crippen LogP contribution in [0.15, 0.2) is 53.3 Å². The number of carboxylic acids is 1. The van der Waals surface area contributed by atoms with Crippen LogP contribution in [-0.2, 0) is 6.54 Å². The summed E-state index contributed by atoms with van der Waals surface area (Å²) in [7, 11) is 0. The third-order valence-corrected chi connectivity index (χ3v) is 3.11. The third-order valence-electron chi connectivity index (χ3n) is 3.11. The Kier molecular flexibility index (Phi) is 3.09. The lowest BCUT2D eigenvalue weighted by Crippen LogP contribution is -2.03. The average Bonchev–Trinajstić information content (AvgIpc) is 2.97. The highest BCUT2D eigenvalue weighted by molar-refractivity contribution is 6.07. The lowest BCUT2D eigenvalue weighted by Gasteiger charge is -2.10. The largest absolute Gasteiger partial charge is 0.478 e. The lowest BCUT2D eigenvalue weighted by atomic mass is 10.0. The van der Waals surface area contributed by atoms with Crippen LogP contribution in [0.1, 0.15) is 16.1 Å². The number of rotatable bonds is 4. The molecule has 0 unspecified atom stereocenters. The van der Waals surface area contributed by atoms with Crippen LogP contribution in [0.25, 0.3) is 10.8 Å². The van der Waals surface area contributed by atoms with Crippen LogP contribution in [0.5, 0.6) is 0 Å². The zero-order chi connectivity index (χ0) is 13.9. The van der Waals surface area contributed by atoms with Gasteiger partial charge in [0.25, 0.3) is 0 Å². The van der Waals surface area contributed by atoms with E-state index in [2.05, 4.69) is 10.5 Å². The molecule has 1 heterocycles. The van der Waals surface area contributed by atoms with Gasteiger partial charge in [-0.1, -0.05) is 29.4 Å². The van der Waals surface area contributed by atoms with E-state index >= 15 is 0 Å². The number of aromatic nitrogens is 1. The van der Waals surface area contributed by atoms with Gasteiger partial charge in [-0.3, -0.25) is 0 Å². The molecule has 2 aromatic carbocycles. The molecule has 1 aromatic heterocycles. The second kappa shape index (κ2) is 5.05. The van der Waals surface area contributed by atoms with E-state index in [4.69, 9.17) is 4.52 Å². The number of anilines is 1. The maximum absolute atomic E-state index is 11.2. The molecule has 3 aromatic rings. The van der Waals surface area contributed by atoms with Crippen molar-refractivity contribution in [2.24, 2.45) is 0 Å². The number of carbonyl (C=O) groups is 1. The predicted octanol–water partition coefficient (Wildman–Crippen LogP) is 3.14. The Labute approximate surface area is 114 Å². The van der Waals surface area contributed by atoms with Gasteiger partial charge in [-0.15, -0.1) is 0 Å². The minimum atomic E-state index is -0.927. The molecule has 5 heteroatoms. The molecule has 0 bridgehead atoms. The summed E-state index contributed by atoms with van der Waals surface area (Å²) in [5.41, 5.74) is 1.96. The average molecular weight is 268 g/mol. The summed E-state index contributed by atoms with van der Waals surface area (Å²) in [6.07, 6.45) is 1.52. The number of benzene rings is 2. The SMILES string of the molecule is O=C(O)c1ccc(NCc2ccon2)c2ccccc12. The smallest absolute Gasteiger partial charge is 0.336 e. The summed E-state index contributed by atoms with van der Waals surface area (Å²) < 4.78 is 4.77. The Morgan fingerprint density at radius 3 is 2.65 bits per heavy atom. The normalized spacial score (nSPS) is 10.6. The molecular weight excluding hydrogens is 256 g/mol. The number of nitrogens with zero attached hydrogens (tertiary/aromatic N) is 1. The fourth-order valence-electron chi connectivity index (χ4n) is 2.15. The van der Waals surface area contributed by atoms with Gasteiger partial charge in [0.2, 0.25) is 0 Å². The lowest BCUT2D eigenvalue weighted by molar-refractivity contribution is 0.0699. The first-order valence-electron chi connectivity index (χ1n) is 6.14. The van der Waals surface area contributed by atoms with E-state index in [9.17, 15) is 9.90 Å². The second-order valence-electron chi connectivity index (χ2n) is 4.36. The maximum atomic E-state index is 11.2. The van der Waals surface area contributed by atoms with Gasteiger partial charge in [0.1, 0.15) is 12.0 Å². The minimum Gasteiger partial charge on any atom is -0.478 e. The minimum absolute atomic E-state index is 0.299. The molecule has 20 heavy (non-hydrogen) atoms. The first-order chi connectivity index (χ1) is 9.75. The van der Waals surface area contributed by atoms with Gasteiger partial charge in [0, 0.05) is 17.1 Å². The summed E-state index contributed by atoms with van der Waals surface area (Å²) in [6, 6.07) is 12.6. The van der Waals surface area contributed by atoms with Crippen molar-refractivity contribution < 1.29 is 14.4 Å². The summed E-state index contributed by atoms with van der Waals surface area (Å²) >= 11 is 0. The number of hydrogen-bond donors (Lipinski definition) is 2. The highest BCUT2D eigenvalue weighted by Gasteiger charge is 2.10. The van der Waals surface area contributed by atoms with Crippen molar-refractivity contribution in [2.75, 3.05) is 5.32 Å². The number of aromatic carboxylic acids is 1. The van der Waals surface area contributed by atoms with Crippen molar-refractivity contribution in [3.8, 4) is 0 Å². The van der Waals surface area contributed by atoms with E-state index < -0.39 is 5.97 Å². The number of carboxylic acid groups (broad SMARTS) is 1. The molecule has 0 atom stereocenters. The Morgan fingerprint density at radius 2 is 1.95 bits per heavy atom. The van der Waals surface area contributed by atoms with E-state index in [1.54, 1.807) is 24.3 Å². The van der Waals surface area contributed by atoms with Crippen molar-refractivity contribution in [1.82, 2.24) is 5.16 Å². The Hall–Kier alpha value is -2.82. The summed E-state index contributed by atoms with van der Waals surface area (Å²) in [4.78, 5) is 11.2. The van der Waals surface area contributed by atoms with Crippen molar-refractivity contribution >= 4 is 22.4 Å². The van der Waals surface area contributed by atoms with Crippen LogP contribution >= 0.6 is 0 Å². The molecule has 0 aliphatic heterocycles. The van der Waals surface area contributed by atoms with Crippen LogP contribution < -0.4 is 5.32 Å². The number of nitrogens with one attached hydrogen (secondary N) is 1. The molecule has 0 radical (unpaired) electrons. The summed E-state index contributed by atoms with van der Waals surface area (Å²) in [6.45, 7) is 0.521. The van der Waals surface area contributed by atoms with Gasteiger partial charge in [-0.25, -0.2) is 4.79 Å². The third kappa shape index (κ3) is 2.21. The van der Waals surface area contributed by atoms with Crippen LogP contribution in [0.3, 0.4) is 0 Å². The highest BCUT2D eigenvalue weighted by Crippen LogP contribution is 2.27. The fraction of sp³-hybridized carbons (Fsp3) is 0.0667. The Morgan fingerprint density at radius 1 is 1.15 bits per heavy atom. The van der Waals surface area contributed by atoms with Gasteiger partial charge in [-0.2, -0.15) is 0 Å². The first-order valence-corrected chi connectivity index (χ1v) is 6.14. The van der Waals surface area contributed by atoms with Gasteiger partial charge >= 0.3 is 5.97 Å². The van der Waals surface area contributed by atoms with E-state index in [-0.39, 0.29) is 0 Å². The van der Waals surface area contributed by atoms with Crippen LogP contribution in [0.2, 0.25) is 0 Å².